The monoisotopic (exact) mass is 592 g/mol. The zero-order valence-electron chi connectivity index (χ0n) is 21.8. The van der Waals surface area contributed by atoms with Crippen molar-refractivity contribution in [2.24, 2.45) is 5.10 Å². The SMILES string of the molecule is Cc1ccc(N(CC(=O)NN=Cc2ccc(OCc3ccc([N+](=O)[O-])cc3)cc2)S(=O)(=O)c2ccccc2)cc1Cl. The predicted molar refractivity (Wildman–Crippen MR) is 157 cm³/mol. The largest absolute Gasteiger partial charge is 0.489 e. The van der Waals surface area contributed by atoms with Crippen molar-refractivity contribution < 1.29 is 22.9 Å². The van der Waals surface area contributed by atoms with Crippen molar-refractivity contribution >= 4 is 45.1 Å². The molecule has 0 aliphatic rings. The van der Waals surface area contributed by atoms with Crippen molar-refractivity contribution in [2.45, 2.75) is 18.4 Å². The number of anilines is 1. The number of nitrogens with one attached hydrogen (secondary N) is 1. The fourth-order valence-corrected chi connectivity index (χ4v) is 5.26. The molecule has 0 fully saturated rings. The molecule has 12 heteroatoms. The summed E-state index contributed by atoms with van der Waals surface area (Å²) < 4.78 is 33.5. The second-order valence-electron chi connectivity index (χ2n) is 8.83. The molecule has 0 bridgehead atoms. The summed E-state index contributed by atoms with van der Waals surface area (Å²) in [6.45, 7) is 1.50. The molecule has 1 N–H and O–H groups in total. The van der Waals surface area contributed by atoms with Crippen LogP contribution in [0.1, 0.15) is 16.7 Å². The molecule has 0 aromatic heterocycles. The van der Waals surface area contributed by atoms with Crippen LogP contribution in [0, 0.1) is 17.0 Å². The second-order valence-corrected chi connectivity index (χ2v) is 11.1. The number of rotatable bonds is 11. The number of nitro groups is 1. The third kappa shape index (κ3) is 7.68. The number of sulfonamides is 1. The molecule has 0 heterocycles. The first-order chi connectivity index (χ1) is 19.6. The highest BCUT2D eigenvalue weighted by atomic mass is 35.5. The number of ether oxygens (including phenoxy) is 1. The summed E-state index contributed by atoms with van der Waals surface area (Å²) in [5, 5.41) is 15.1. The summed E-state index contributed by atoms with van der Waals surface area (Å²) >= 11 is 6.24. The van der Waals surface area contributed by atoms with Crippen LogP contribution in [0.3, 0.4) is 0 Å². The van der Waals surface area contributed by atoms with Gasteiger partial charge in [-0.15, -0.1) is 0 Å². The Morgan fingerprint density at radius 3 is 2.34 bits per heavy atom. The third-order valence-electron chi connectivity index (χ3n) is 5.90. The Balaban J connectivity index is 1.39. The number of hydrogen-bond donors (Lipinski definition) is 1. The number of nitro benzene ring substituents is 1. The average molecular weight is 593 g/mol. The van der Waals surface area contributed by atoms with E-state index in [0.29, 0.717) is 16.3 Å². The van der Waals surface area contributed by atoms with Crippen molar-refractivity contribution in [2.75, 3.05) is 10.8 Å². The highest BCUT2D eigenvalue weighted by molar-refractivity contribution is 7.92. The van der Waals surface area contributed by atoms with Crippen molar-refractivity contribution in [3.8, 4) is 5.75 Å². The molecule has 210 valence electrons. The number of non-ortho nitro benzene ring substituents is 1. The molecule has 1 amide bonds. The number of carbonyl (C=O) groups excluding carboxylic acids is 1. The lowest BCUT2D eigenvalue weighted by Crippen LogP contribution is -2.39. The molecule has 4 aromatic carbocycles. The summed E-state index contributed by atoms with van der Waals surface area (Å²) in [4.78, 5) is 23.1. The lowest BCUT2D eigenvalue weighted by atomic mass is 10.2. The van der Waals surface area contributed by atoms with Crippen LogP contribution in [0.5, 0.6) is 5.75 Å². The minimum absolute atomic E-state index is 0.00885. The van der Waals surface area contributed by atoms with Gasteiger partial charge in [0.1, 0.15) is 18.9 Å². The predicted octanol–water partition coefficient (Wildman–Crippen LogP) is 5.48. The summed E-state index contributed by atoms with van der Waals surface area (Å²) in [5.74, 6) is -0.0800. The topological polar surface area (TPSA) is 131 Å². The number of carbonyl (C=O) groups is 1. The molecule has 0 saturated carbocycles. The molecule has 41 heavy (non-hydrogen) atoms. The zero-order chi connectivity index (χ0) is 29.4. The van der Waals surface area contributed by atoms with Gasteiger partial charge in [0, 0.05) is 17.2 Å². The van der Waals surface area contributed by atoms with E-state index in [0.717, 1.165) is 15.4 Å². The quantitative estimate of drug-likeness (QED) is 0.139. The molecule has 0 saturated heterocycles. The number of hydrogen-bond acceptors (Lipinski definition) is 7. The van der Waals surface area contributed by atoms with E-state index in [4.69, 9.17) is 16.3 Å². The van der Waals surface area contributed by atoms with Gasteiger partial charge < -0.3 is 4.74 Å². The van der Waals surface area contributed by atoms with Gasteiger partial charge in [0.05, 0.1) is 21.7 Å². The first-order valence-corrected chi connectivity index (χ1v) is 14.1. The molecule has 0 spiro atoms. The van der Waals surface area contributed by atoms with Crippen LogP contribution < -0.4 is 14.5 Å². The summed E-state index contributed by atoms with van der Waals surface area (Å²) in [6.07, 6.45) is 1.41. The first-order valence-electron chi connectivity index (χ1n) is 12.3. The Kier molecular flexibility index (Phi) is 9.33. The maximum atomic E-state index is 13.4. The van der Waals surface area contributed by atoms with Gasteiger partial charge in [-0.2, -0.15) is 5.10 Å². The van der Waals surface area contributed by atoms with Gasteiger partial charge in [-0.05, 0) is 84.3 Å². The number of halogens is 1. The standard InChI is InChI=1S/C29H25ClN4O6S/c1-21-7-12-25(17-28(21)30)33(41(38,39)27-5-3-2-4-6-27)19-29(35)32-31-18-22-10-15-26(16-11-22)40-20-23-8-13-24(14-9-23)34(36)37/h2-18H,19-20H2,1H3,(H,32,35). The summed E-state index contributed by atoms with van der Waals surface area (Å²) in [6, 6.07) is 25.5. The van der Waals surface area contributed by atoms with Crippen molar-refractivity contribution in [3.63, 3.8) is 0 Å². The van der Waals surface area contributed by atoms with E-state index >= 15 is 0 Å². The average Bonchev–Trinajstić information content (AvgIpc) is 2.97. The lowest BCUT2D eigenvalue weighted by Gasteiger charge is -2.24. The van der Waals surface area contributed by atoms with Gasteiger partial charge in [0.15, 0.2) is 0 Å². The van der Waals surface area contributed by atoms with Gasteiger partial charge in [0.2, 0.25) is 0 Å². The van der Waals surface area contributed by atoms with Crippen molar-refractivity contribution in [1.82, 2.24) is 5.43 Å². The molecule has 0 radical (unpaired) electrons. The number of hydrazone groups is 1. The lowest BCUT2D eigenvalue weighted by molar-refractivity contribution is -0.384. The maximum absolute atomic E-state index is 13.4. The number of aryl methyl sites for hydroxylation is 1. The van der Waals surface area contributed by atoms with Gasteiger partial charge >= 0.3 is 0 Å². The fraction of sp³-hybridized carbons (Fsp3) is 0.103. The molecule has 0 aliphatic heterocycles. The molecular formula is C29H25ClN4O6S. The highest BCUT2D eigenvalue weighted by Gasteiger charge is 2.27. The van der Waals surface area contributed by atoms with Gasteiger partial charge in [0.25, 0.3) is 21.6 Å². The molecule has 4 rings (SSSR count). The maximum Gasteiger partial charge on any atom is 0.269 e. The highest BCUT2D eigenvalue weighted by Crippen LogP contribution is 2.28. The van der Waals surface area contributed by atoms with Crippen LogP contribution in [-0.2, 0) is 21.4 Å². The Bertz CT molecular complexity index is 1660. The van der Waals surface area contributed by atoms with E-state index in [1.54, 1.807) is 73.7 Å². The normalized spacial score (nSPS) is 11.3. The van der Waals surface area contributed by atoms with Crippen LogP contribution in [0.4, 0.5) is 11.4 Å². The molecule has 0 aliphatic carbocycles. The number of nitrogens with zero attached hydrogens (tertiary/aromatic N) is 3. The Labute approximate surface area is 242 Å². The van der Waals surface area contributed by atoms with Crippen LogP contribution in [0.25, 0.3) is 0 Å². The third-order valence-corrected chi connectivity index (χ3v) is 8.09. The van der Waals surface area contributed by atoms with Crippen molar-refractivity contribution in [1.29, 1.82) is 0 Å². The molecule has 10 nitrogen and oxygen atoms in total. The zero-order valence-corrected chi connectivity index (χ0v) is 23.4. The van der Waals surface area contributed by atoms with E-state index in [1.807, 2.05) is 0 Å². The van der Waals surface area contributed by atoms with E-state index in [2.05, 4.69) is 10.5 Å². The summed E-state index contributed by atoms with van der Waals surface area (Å²) in [5.41, 5.74) is 4.82. The number of benzene rings is 4. The smallest absolute Gasteiger partial charge is 0.269 e. The van der Waals surface area contributed by atoms with E-state index in [1.165, 1.54) is 36.5 Å². The van der Waals surface area contributed by atoms with E-state index in [-0.39, 0.29) is 22.9 Å². The minimum Gasteiger partial charge on any atom is -0.489 e. The molecule has 0 unspecified atom stereocenters. The Morgan fingerprint density at radius 1 is 1.02 bits per heavy atom. The Hall–Kier alpha value is -4.74. The molecule has 0 atom stereocenters. The summed E-state index contributed by atoms with van der Waals surface area (Å²) in [7, 11) is -4.07. The number of amides is 1. The van der Waals surface area contributed by atoms with E-state index < -0.39 is 27.4 Å². The van der Waals surface area contributed by atoms with Crippen molar-refractivity contribution in [3.05, 3.63) is 129 Å². The van der Waals surface area contributed by atoms with Gasteiger partial charge in [-0.25, -0.2) is 13.8 Å². The van der Waals surface area contributed by atoms with Crippen LogP contribution in [-0.4, -0.2) is 32.0 Å². The van der Waals surface area contributed by atoms with E-state index in [9.17, 15) is 23.3 Å². The van der Waals surface area contributed by atoms with Crippen LogP contribution in [0.2, 0.25) is 5.02 Å². The minimum atomic E-state index is -4.07. The second kappa shape index (κ2) is 13.1. The van der Waals surface area contributed by atoms with Gasteiger partial charge in [-0.3, -0.25) is 19.2 Å². The molecule has 4 aromatic rings. The van der Waals surface area contributed by atoms with Crippen LogP contribution in [0.15, 0.2) is 107 Å². The van der Waals surface area contributed by atoms with Gasteiger partial charge in [-0.1, -0.05) is 35.9 Å². The Morgan fingerprint density at radius 2 is 1.71 bits per heavy atom. The molecular weight excluding hydrogens is 568 g/mol. The van der Waals surface area contributed by atoms with Crippen LogP contribution >= 0.6 is 11.6 Å². The first kappa shape index (κ1) is 29.2. The fourth-order valence-electron chi connectivity index (χ4n) is 3.65.